The molecular weight excluding hydrogens is 367 g/mol. The molecule has 1 unspecified atom stereocenters. The van der Waals surface area contributed by atoms with E-state index in [-0.39, 0.29) is 5.75 Å². The van der Waals surface area contributed by atoms with Gasteiger partial charge in [0.25, 0.3) is 0 Å². The number of halogens is 3. The van der Waals surface area contributed by atoms with Crippen LogP contribution in [0.4, 0.5) is 18.9 Å². The van der Waals surface area contributed by atoms with Crippen LogP contribution in [0, 0.1) is 0 Å². The molecule has 3 nitrogen and oxygen atoms in total. The van der Waals surface area contributed by atoms with Crippen LogP contribution in [0.2, 0.25) is 0 Å². The van der Waals surface area contributed by atoms with Crippen LogP contribution in [0.15, 0.2) is 91.2 Å². The third-order valence-corrected chi connectivity index (χ3v) is 4.31. The summed E-state index contributed by atoms with van der Waals surface area (Å²) in [4.78, 5) is 2.01. The first kappa shape index (κ1) is 18.0. The second-order valence-corrected chi connectivity index (χ2v) is 6.18. The number of para-hydroxylation sites is 1. The SMILES string of the molecule is FC(F)(F)Oc1ccc(C2OC=C(c3ccccc3)N2c2ccccc2)cc1. The topological polar surface area (TPSA) is 21.7 Å². The first-order valence-corrected chi connectivity index (χ1v) is 8.62. The molecule has 3 aromatic rings. The van der Waals surface area contributed by atoms with Crippen molar-refractivity contribution in [1.29, 1.82) is 0 Å². The van der Waals surface area contributed by atoms with Gasteiger partial charge in [-0.05, 0) is 36.4 Å². The van der Waals surface area contributed by atoms with Crippen molar-refractivity contribution in [2.75, 3.05) is 4.90 Å². The van der Waals surface area contributed by atoms with Crippen molar-refractivity contribution < 1.29 is 22.6 Å². The molecule has 0 saturated heterocycles. The summed E-state index contributed by atoms with van der Waals surface area (Å²) >= 11 is 0. The van der Waals surface area contributed by atoms with Crippen LogP contribution < -0.4 is 9.64 Å². The molecule has 0 aromatic heterocycles. The zero-order valence-electron chi connectivity index (χ0n) is 14.6. The summed E-state index contributed by atoms with van der Waals surface area (Å²) in [6, 6.07) is 25.2. The molecule has 0 N–H and O–H groups in total. The number of benzene rings is 3. The average Bonchev–Trinajstić information content (AvgIpc) is 3.14. The van der Waals surface area contributed by atoms with Crippen LogP contribution in [0.5, 0.6) is 5.75 Å². The summed E-state index contributed by atoms with van der Waals surface area (Å²) < 4.78 is 47.1. The van der Waals surface area contributed by atoms with Gasteiger partial charge >= 0.3 is 6.36 Å². The third kappa shape index (κ3) is 3.81. The number of hydrogen-bond donors (Lipinski definition) is 0. The molecule has 3 aromatic carbocycles. The zero-order chi connectivity index (χ0) is 19.6. The molecule has 6 heteroatoms. The molecular formula is C22H16F3NO2. The minimum atomic E-state index is -4.72. The molecule has 1 aliphatic heterocycles. The Hall–Kier alpha value is -3.41. The zero-order valence-corrected chi connectivity index (χ0v) is 14.6. The largest absolute Gasteiger partial charge is 0.573 e. The highest BCUT2D eigenvalue weighted by atomic mass is 19.4. The second kappa shape index (κ2) is 7.31. The van der Waals surface area contributed by atoms with Crippen molar-refractivity contribution in [1.82, 2.24) is 0 Å². The van der Waals surface area contributed by atoms with Gasteiger partial charge in [0.15, 0.2) is 0 Å². The molecule has 0 amide bonds. The Labute approximate surface area is 160 Å². The van der Waals surface area contributed by atoms with E-state index in [1.54, 1.807) is 18.4 Å². The lowest BCUT2D eigenvalue weighted by molar-refractivity contribution is -0.274. The van der Waals surface area contributed by atoms with E-state index >= 15 is 0 Å². The first-order chi connectivity index (χ1) is 13.5. The summed E-state index contributed by atoms with van der Waals surface area (Å²) in [7, 11) is 0. The lowest BCUT2D eigenvalue weighted by Gasteiger charge is -2.28. The van der Waals surface area contributed by atoms with Gasteiger partial charge in [-0.2, -0.15) is 0 Å². The van der Waals surface area contributed by atoms with E-state index in [4.69, 9.17) is 4.74 Å². The number of alkyl halides is 3. The first-order valence-electron chi connectivity index (χ1n) is 8.62. The minimum Gasteiger partial charge on any atom is -0.471 e. The van der Waals surface area contributed by atoms with Crippen LogP contribution in [-0.2, 0) is 4.74 Å². The van der Waals surface area contributed by atoms with E-state index in [0.717, 1.165) is 16.9 Å². The normalized spacial score (nSPS) is 16.5. The monoisotopic (exact) mass is 383 g/mol. The summed E-state index contributed by atoms with van der Waals surface area (Å²) in [6.45, 7) is 0. The fourth-order valence-electron chi connectivity index (χ4n) is 3.11. The predicted octanol–water partition coefficient (Wildman–Crippen LogP) is 6.12. The highest BCUT2D eigenvalue weighted by Crippen LogP contribution is 2.41. The molecule has 0 fully saturated rings. The van der Waals surface area contributed by atoms with Gasteiger partial charge in [-0.15, -0.1) is 13.2 Å². The van der Waals surface area contributed by atoms with Crippen molar-refractivity contribution >= 4 is 11.4 Å². The molecule has 0 aliphatic carbocycles. The highest BCUT2D eigenvalue weighted by Gasteiger charge is 2.33. The van der Waals surface area contributed by atoms with Crippen molar-refractivity contribution in [3.63, 3.8) is 0 Å². The molecule has 0 spiro atoms. The Morgan fingerprint density at radius 2 is 1.39 bits per heavy atom. The maximum Gasteiger partial charge on any atom is 0.573 e. The average molecular weight is 383 g/mol. The van der Waals surface area contributed by atoms with Gasteiger partial charge in [0.05, 0.1) is 5.70 Å². The van der Waals surface area contributed by atoms with E-state index < -0.39 is 12.6 Å². The molecule has 1 atom stereocenters. The third-order valence-electron chi connectivity index (χ3n) is 4.31. The summed E-state index contributed by atoms with van der Waals surface area (Å²) in [6.07, 6.45) is -3.55. The van der Waals surface area contributed by atoms with Gasteiger partial charge < -0.3 is 9.47 Å². The van der Waals surface area contributed by atoms with Gasteiger partial charge in [-0.25, -0.2) is 0 Å². The molecule has 28 heavy (non-hydrogen) atoms. The number of ether oxygens (including phenoxy) is 2. The smallest absolute Gasteiger partial charge is 0.471 e. The van der Waals surface area contributed by atoms with Crippen molar-refractivity contribution in [2.45, 2.75) is 12.6 Å². The van der Waals surface area contributed by atoms with Crippen LogP contribution in [0.1, 0.15) is 17.4 Å². The Kier molecular flexibility index (Phi) is 4.69. The van der Waals surface area contributed by atoms with E-state index in [1.165, 1.54) is 12.1 Å². The molecule has 0 saturated carbocycles. The lowest BCUT2D eigenvalue weighted by atomic mass is 10.1. The van der Waals surface area contributed by atoms with E-state index in [9.17, 15) is 13.2 Å². The van der Waals surface area contributed by atoms with Crippen molar-refractivity contribution in [3.05, 3.63) is 102 Å². The Morgan fingerprint density at radius 1 is 0.786 bits per heavy atom. The lowest BCUT2D eigenvalue weighted by Crippen LogP contribution is -2.23. The van der Waals surface area contributed by atoms with Crippen molar-refractivity contribution in [3.8, 4) is 5.75 Å². The van der Waals surface area contributed by atoms with Gasteiger partial charge in [0.1, 0.15) is 12.0 Å². The fraction of sp³-hybridized carbons (Fsp3) is 0.0909. The predicted molar refractivity (Wildman–Crippen MR) is 100 cm³/mol. The number of anilines is 1. The van der Waals surface area contributed by atoms with Crippen LogP contribution in [0.3, 0.4) is 0 Å². The van der Waals surface area contributed by atoms with Crippen molar-refractivity contribution in [2.24, 2.45) is 0 Å². The number of rotatable bonds is 4. The Bertz CT molecular complexity index is 955. The maximum atomic E-state index is 12.4. The van der Waals surface area contributed by atoms with Gasteiger partial charge in [-0.3, -0.25) is 4.90 Å². The van der Waals surface area contributed by atoms with E-state index in [1.807, 2.05) is 65.6 Å². The number of hydrogen-bond acceptors (Lipinski definition) is 3. The van der Waals surface area contributed by atoms with E-state index in [2.05, 4.69) is 4.74 Å². The Morgan fingerprint density at radius 3 is 2.00 bits per heavy atom. The molecule has 1 aliphatic rings. The van der Waals surface area contributed by atoms with Crippen LogP contribution in [-0.4, -0.2) is 6.36 Å². The molecule has 4 rings (SSSR count). The standard InChI is InChI=1S/C22H16F3NO2/c23-22(24,25)28-19-13-11-17(12-14-19)21-26(18-9-5-2-6-10-18)20(15-27-21)16-7-3-1-4-8-16/h1-15,21H. The summed E-state index contributed by atoms with van der Waals surface area (Å²) in [5.74, 6) is -0.267. The Balaban J connectivity index is 1.67. The van der Waals surface area contributed by atoms with Gasteiger partial charge in [0.2, 0.25) is 6.23 Å². The van der Waals surface area contributed by atoms with E-state index in [0.29, 0.717) is 5.56 Å². The van der Waals surface area contributed by atoms with Gasteiger partial charge in [-0.1, -0.05) is 48.5 Å². The van der Waals surface area contributed by atoms with Crippen LogP contribution in [0.25, 0.3) is 5.70 Å². The highest BCUT2D eigenvalue weighted by molar-refractivity contribution is 5.81. The fourth-order valence-corrected chi connectivity index (χ4v) is 3.11. The number of nitrogens with zero attached hydrogens (tertiary/aromatic N) is 1. The quantitative estimate of drug-likeness (QED) is 0.542. The maximum absolute atomic E-state index is 12.4. The molecule has 142 valence electrons. The summed E-state index contributed by atoms with van der Waals surface area (Å²) in [5, 5.41) is 0. The summed E-state index contributed by atoms with van der Waals surface area (Å²) in [5.41, 5.74) is 3.47. The molecule has 0 bridgehead atoms. The van der Waals surface area contributed by atoms with Crippen LogP contribution >= 0.6 is 0 Å². The minimum absolute atomic E-state index is 0.267. The van der Waals surface area contributed by atoms with Gasteiger partial charge in [0, 0.05) is 16.8 Å². The molecule has 0 radical (unpaired) electrons. The second-order valence-electron chi connectivity index (χ2n) is 6.18. The molecule has 1 heterocycles.